The molecule has 1 heterocycles. The maximum Gasteiger partial charge on any atom is 0.225 e. The molecule has 0 spiro atoms. The number of hydrogen-bond donors (Lipinski definition) is 0. The summed E-state index contributed by atoms with van der Waals surface area (Å²) in [6, 6.07) is 0. The van der Waals surface area contributed by atoms with Crippen molar-refractivity contribution in [2.45, 2.75) is 122 Å². The van der Waals surface area contributed by atoms with Gasteiger partial charge < -0.3 is 44.5 Å². The van der Waals surface area contributed by atoms with E-state index in [1.54, 1.807) is 9.80 Å². The number of carbonyl (C=O) groups excluding carboxylic acids is 5. The van der Waals surface area contributed by atoms with Crippen molar-refractivity contribution < 1.29 is 44.4 Å². The van der Waals surface area contributed by atoms with Crippen molar-refractivity contribution in [3.8, 4) is 0 Å². The second kappa shape index (κ2) is 22.8. The molecule has 282 valence electrons. The Morgan fingerprint density at radius 1 is 0.592 bits per heavy atom. The molecule has 1 saturated heterocycles. The molecule has 0 bridgehead atoms. The van der Waals surface area contributed by atoms with Crippen LogP contribution in [0.4, 0.5) is 0 Å². The molecule has 0 aromatic heterocycles. The van der Waals surface area contributed by atoms with Gasteiger partial charge in [-0.25, -0.2) is 0 Å². The summed E-state index contributed by atoms with van der Waals surface area (Å²) in [5.41, 5.74) is -1.29. The van der Waals surface area contributed by atoms with E-state index in [1.165, 1.54) is 43.4 Å². The molecule has 1 saturated carbocycles. The molecule has 0 radical (unpaired) electrons. The second-order valence-electron chi connectivity index (χ2n) is 14.3. The van der Waals surface area contributed by atoms with Crippen molar-refractivity contribution in [3.05, 3.63) is 0 Å². The Morgan fingerprint density at radius 2 is 1.00 bits per heavy atom. The Morgan fingerprint density at radius 3 is 1.39 bits per heavy atom. The van der Waals surface area contributed by atoms with Gasteiger partial charge in [-0.1, -0.05) is 78.1 Å². The Bertz CT molecular complexity index is 976. The summed E-state index contributed by atoms with van der Waals surface area (Å²) in [6.45, 7) is 3.50. The first kappa shape index (κ1) is 42.4. The number of aliphatic carboxylic acids is 4. The fourth-order valence-corrected chi connectivity index (χ4v) is 7.93. The van der Waals surface area contributed by atoms with E-state index in [1.807, 2.05) is 4.90 Å². The minimum atomic E-state index is -1.52. The van der Waals surface area contributed by atoms with Crippen LogP contribution < -0.4 is 20.4 Å². The lowest BCUT2D eigenvalue weighted by Gasteiger charge is -2.53. The Balaban J connectivity index is 2.31. The normalized spacial score (nSPS) is 20.1. The summed E-state index contributed by atoms with van der Waals surface area (Å²) < 4.78 is 0. The average Bonchev–Trinajstić information content (AvgIpc) is 3.21. The Hall–Kier alpha value is -2.77. The summed E-state index contributed by atoms with van der Waals surface area (Å²) in [6.07, 6.45) is 15.4. The molecule has 1 aliphatic heterocycles. The molecular formula is C36H60N4O9-4. The molecule has 0 atom stereocenters. The number of unbranched alkanes of at least 4 members (excludes halogenated alkanes) is 10. The van der Waals surface area contributed by atoms with E-state index in [0.29, 0.717) is 38.8 Å². The van der Waals surface area contributed by atoms with Crippen molar-refractivity contribution in [1.29, 1.82) is 0 Å². The lowest BCUT2D eigenvalue weighted by Crippen LogP contribution is -2.67. The molecule has 0 N–H and O–H groups in total. The smallest absolute Gasteiger partial charge is 0.225 e. The maximum absolute atomic E-state index is 14.0. The van der Waals surface area contributed by atoms with Gasteiger partial charge in [-0.05, 0) is 44.4 Å². The SMILES string of the molecule is CCCCCCCCN(CCCCCCCC)C(=O)C1CCC(C2(N(CC(=O)[O-])CC(=O)[O-])CN(CC(=O)[O-])CCN(CC(=O)[O-])C2)CC1. The second-order valence-corrected chi connectivity index (χ2v) is 14.3. The molecule has 2 rings (SSSR count). The number of carboxylic acids is 4. The number of hydrogen-bond acceptors (Lipinski definition) is 12. The predicted octanol–water partition coefficient (Wildman–Crippen LogP) is -1.000. The van der Waals surface area contributed by atoms with Crippen LogP contribution in [0.25, 0.3) is 0 Å². The summed E-state index contributed by atoms with van der Waals surface area (Å²) in [4.78, 5) is 67.6. The lowest BCUT2D eigenvalue weighted by atomic mass is 9.69. The van der Waals surface area contributed by atoms with Crippen LogP contribution in [0.5, 0.6) is 0 Å². The van der Waals surface area contributed by atoms with Gasteiger partial charge in [-0.2, -0.15) is 0 Å². The molecule has 1 aliphatic carbocycles. The van der Waals surface area contributed by atoms with Crippen molar-refractivity contribution in [2.24, 2.45) is 11.8 Å². The van der Waals surface area contributed by atoms with Gasteiger partial charge in [0.05, 0.1) is 23.9 Å². The summed E-state index contributed by atoms with van der Waals surface area (Å²) in [7, 11) is 0. The van der Waals surface area contributed by atoms with Crippen molar-refractivity contribution in [3.63, 3.8) is 0 Å². The van der Waals surface area contributed by atoms with Gasteiger partial charge >= 0.3 is 0 Å². The first-order valence-electron chi connectivity index (χ1n) is 18.7. The van der Waals surface area contributed by atoms with E-state index in [0.717, 1.165) is 38.5 Å². The van der Waals surface area contributed by atoms with Crippen LogP contribution in [-0.2, 0) is 24.0 Å². The van der Waals surface area contributed by atoms with Gasteiger partial charge in [0.15, 0.2) is 0 Å². The van der Waals surface area contributed by atoms with E-state index in [9.17, 15) is 44.4 Å². The van der Waals surface area contributed by atoms with E-state index >= 15 is 0 Å². The Kier molecular flexibility index (Phi) is 19.8. The monoisotopic (exact) mass is 692 g/mol. The van der Waals surface area contributed by atoms with Gasteiger partial charge in [0.1, 0.15) is 0 Å². The van der Waals surface area contributed by atoms with Crippen LogP contribution in [-0.4, -0.2) is 120 Å². The molecule has 2 aliphatic rings. The van der Waals surface area contributed by atoms with Crippen molar-refractivity contribution in [2.75, 3.05) is 65.4 Å². The fraction of sp³-hybridized carbons (Fsp3) is 0.861. The molecule has 0 aromatic rings. The highest BCUT2D eigenvalue weighted by Gasteiger charge is 2.49. The minimum absolute atomic E-state index is 0.0312. The van der Waals surface area contributed by atoms with Crippen LogP contribution in [0.2, 0.25) is 0 Å². The topological polar surface area (TPSA) is 191 Å². The first-order chi connectivity index (χ1) is 23.4. The van der Waals surface area contributed by atoms with Crippen LogP contribution in [0.3, 0.4) is 0 Å². The van der Waals surface area contributed by atoms with Crippen LogP contribution in [0.1, 0.15) is 117 Å². The largest absolute Gasteiger partial charge is 0.549 e. The molecule has 1 amide bonds. The van der Waals surface area contributed by atoms with Gasteiger partial charge in [-0.3, -0.25) is 19.5 Å². The number of carbonyl (C=O) groups is 5. The number of amides is 1. The third-order valence-corrected chi connectivity index (χ3v) is 10.4. The van der Waals surface area contributed by atoms with Gasteiger partial charge in [0.25, 0.3) is 0 Å². The van der Waals surface area contributed by atoms with Crippen LogP contribution in [0.15, 0.2) is 0 Å². The highest BCUT2D eigenvalue weighted by Crippen LogP contribution is 2.41. The van der Waals surface area contributed by atoms with Crippen molar-refractivity contribution >= 4 is 29.8 Å². The third kappa shape index (κ3) is 15.3. The lowest BCUT2D eigenvalue weighted by molar-refractivity contribution is -0.315. The summed E-state index contributed by atoms with van der Waals surface area (Å²) in [5.74, 6) is -6.26. The summed E-state index contributed by atoms with van der Waals surface area (Å²) >= 11 is 0. The van der Waals surface area contributed by atoms with Gasteiger partial charge in [0, 0.05) is 76.9 Å². The molecule has 13 heteroatoms. The number of rotatable bonds is 25. The van der Waals surface area contributed by atoms with E-state index in [2.05, 4.69) is 13.8 Å². The van der Waals surface area contributed by atoms with E-state index in [-0.39, 0.29) is 43.9 Å². The predicted molar refractivity (Wildman–Crippen MR) is 176 cm³/mol. The molecule has 49 heavy (non-hydrogen) atoms. The quantitative estimate of drug-likeness (QED) is 0.106. The van der Waals surface area contributed by atoms with Crippen LogP contribution >= 0.6 is 0 Å². The standard InChI is InChI=1S/C36H64N4O9/c1-3-5-7-9-11-13-19-39(20-14-12-10-8-6-4-2)35(49)29-15-17-30(18-16-29)36(40(25-33(45)46)26-34(47)48)27-37(23-31(41)42)21-22-38(28-36)24-32(43)44/h29-30H,3-28H2,1-2H3,(H,41,42)(H,43,44)(H,45,46)(H,47,48)/p-4. The summed E-state index contributed by atoms with van der Waals surface area (Å²) in [5, 5.41) is 47.3. The van der Waals surface area contributed by atoms with Crippen molar-refractivity contribution in [1.82, 2.24) is 19.6 Å². The Labute approximate surface area is 293 Å². The highest BCUT2D eigenvalue weighted by molar-refractivity contribution is 5.79. The zero-order chi connectivity index (χ0) is 36.2. The molecule has 2 fully saturated rings. The highest BCUT2D eigenvalue weighted by atomic mass is 16.4. The zero-order valence-electron chi connectivity index (χ0n) is 30.0. The third-order valence-electron chi connectivity index (χ3n) is 10.4. The number of nitrogens with zero attached hydrogens (tertiary/aromatic N) is 4. The molecule has 0 aromatic carbocycles. The van der Waals surface area contributed by atoms with Gasteiger partial charge in [0.2, 0.25) is 5.91 Å². The maximum atomic E-state index is 14.0. The molecule has 0 unspecified atom stereocenters. The first-order valence-corrected chi connectivity index (χ1v) is 18.7. The van der Waals surface area contributed by atoms with Gasteiger partial charge in [-0.15, -0.1) is 0 Å². The van der Waals surface area contributed by atoms with E-state index < -0.39 is 55.6 Å². The zero-order valence-corrected chi connectivity index (χ0v) is 30.0. The molecule has 13 nitrogen and oxygen atoms in total. The number of carboxylic acid groups (broad SMARTS) is 4. The minimum Gasteiger partial charge on any atom is -0.549 e. The van der Waals surface area contributed by atoms with E-state index in [4.69, 9.17) is 0 Å². The average molecular weight is 693 g/mol. The van der Waals surface area contributed by atoms with Crippen LogP contribution in [0, 0.1) is 11.8 Å². The fourth-order valence-electron chi connectivity index (χ4n) is 7.93. The molecular weight excluding hydrogens is 632 g/mol.